The van der Waals surface area contributed by atoms with E-state index in [9.17, 15) is 13.2 Å². The fourth-order valence-electron chi connectivity index (χ4n) is 3.39. The maximum atomic E-state index is 13.5. The van der Waals surface area contributed by atoms with E-state index < -0.39 is 15.8 Å². The van der Waals surface area contributed by atoms with Gasteiger partial charge in [0.15, 0.2) is 4.91 Å². The second kappa shape index (κ2) is 8.68. The van der Waals surface area contributed by atoms with Gasteiger partial charge >= 0.3 is 0 Å². The number of sulfonamides is 1. The first-order chi connectivity index (χ1) is 15.3. The third-order valence-corrected chi connectivity index (χ3v) is 7.79. The number of Topliss-reactive ketones (excluding diaryl/α,β-unsaturated/α-hetero) is 1. The Morgan fingerprint density at radius 3 is 2.50 bits per heavy atom. The van der Waals surface area contributed by atoms with Gasteiger partial charge in [-0.2, -0.15) is 0 Å². The molecule has 0 radical (unpaired) electrons. The number of thiophene rings is 1. The minimum absolute atomic E-state index is 0.124. The Bertz CT molecular complexity index is 1290. The third-order valence-electron chi connectivity index (χ3n) is 5.12. The number of fused-ring (bicyclic) bond motifs is 1. The van der Waals surface area contributed by atoms with Gasteiger partial charge in [-0.05, 0) is 36.1 Å². The Morgan fingerprint density at radius 1 is 1.06 bits per heavy atom. The van der Waals surface area contributed by atoms with Crippen molar-refractivity contribution in [2.75, 3.05) is 23.8 Å². The molecule has 1 N–H and O–H groups in total. The summed E-state index contributed by atoms with van der Waals surface area (Å²) in [6, 6.07) is 14.4. The molecule has 9 heteroatoms. The van der Waals surface area contributed by atoms with Gasteiger partial charge in [0.1, 0.15) is 16.4 Å². The predicted octanol–water partition coefficient (Wildman–Crippen LogP) is 4.56. The summed E-state index contributed by atoms with van der Waals surface area (Å²) in [6.45, 7) is 2.09. The molecule has 32 heavy (non-hydrogen) atoms. The molecule has 0 spiro atoms. The molecule has 2 aromatic carbocycles. The van der Waals surface area contributed by atoms with Crippen LogP contribution in [0.4, 0.5) is 11.4 Å². The highest BCUT2D eigenvalue weighted by Crippen LogP contribution is 2.39. The standard InChI is InChI=1S/C23H22N2O5S2/c1-15-4-6-16(7-5-15)14-25-19-10-11-31-23(19)22(26)21(32(25,27)28)13-24-18-12-17(29-2)8-9-20(18)30-3/h4-13,24H,14H2,1-3H3/b21-13-. The summed E-state index contributed by atoms with van der Waals surface area (Å²) >= 11 is 1.22. The summed E-state index contributed by atoms with van der Waals surface area (Å²) in [6.07, 6.45) is 1.22. The molecule has 1 aliphatic heterocycles. The molecule has 0 bridgehead atoms. The van der Waals surface area contributed by atoms with Crippen LogP contribution in [0.25, 0.3) is 0 Å². The molecule has 166 valence electrons. The molecule has 3 aromatic rings. The van der Waals surface area contributed by atoms with Gasteiger partial charge in [0.25, 0.3) is 10.0 Å². The van der Waals surface area contributed by atoms with Crippen molar-refractivity contribution >= 4 is 38.5 Å². The van der Waals surface area contributed by atoms with E-state index in [4.69, 9.17) is 9.47 Å². The van der Waals surface area contributed by atoms with Gasteiger partial charge < -0.3 is 14.8 Å². The van der Waals surface area contributed by atoms with E-state index in [1.54, 1.807) is 29.6 Å². The fourth-order valence-corrected chi connectivity index (χ4v) is 5.87. The van der Waals surface area contributed by atoms with Crippen molar-refractivity contribution in [3.63, 3.8) is 0 Å². The highest BCUT2D eigenvalue weighted by Gasteiger charge is 2.41. The molecule has 0 unspecified atom stereocenters. The van der Waals surface area contributed by atoms with Crippen molar-refractivity contribution in [1.82, 2.24) is 0 Å². The second-order valence-corrected chi connectivity index (χ2v) is 9.93. The number of ether oxygens (including phenoxy) is 2. The number of methoxy groups -OCH3 is 2. The van der Waals surface area contributed by atoms with Crippen LogP contribution in [0.1, 0.15) is 20.8 Å². The SMILES string of the molecule is COc1ccc(OC)c(N/C=C2/C(=O)c3sccc3N(Cc3ccc(C)cc3)S2(=O)=O)c1. The number of nitrogens with zero attached hydrogens (tertiary/aromatic N) is 1. The number of aryl methyl sites for hydroxylation is 1. The van der Waals surface area contributed by atoms with Gasteiger partial charge in [-0.3, -0.25) is 9.10 Å². The molecule has 7 nitrogen and oxygen atoms in total. The van der Waals surface area contributed by atoms with E-state index in [0.717, 1.165) is 11.1 Å². The highest BCUT2D eigenvalue weighted by molar-refractivity contribution is 7.97. The molecular weight excluding hydrogens is 448 g/mol. The van der Waals surface area contributed by atoms with Gasteiger partial charge in [0.05, 0.1) is 32.1 Å². The monoisotopic (exact) mass is 470 g/mol. The minimum atomic E-state index is -4.09. The van der Waals surface area contributed by atoms with E-state index >= 15 is 0 Å². The Balaban J connectivity index is 1.75. The average Bonchev–Trinajstić information content (AvgIpc) is 3.27. The lowest BCUT2D eigenvalue weighted by atomic mass is 10.1. The van der Waals surface area contributed by atoms with Crippen molar-refractivity contribution in [3.05, 3.63) is 81.0 Å². The summed E-state index contributed by atoms with van der Waals surface area (Å²) in [5.41, 5.74) is 2.78. The number of carbonyl (C=O) groups is 1. The fraction of sp³-hybridized carbons (Fsp3) is 0.174. The van der Waals surface area contributed by atoms with Crippen molar-refractivity contribution in [2.24, 2.45) is 0 Å². The van der Waals surface area contributed by atoms with Crippen LogP contribution in [-0.2, 0) is 16.6 Å². The van der Waals surface area contributed by atoms with Gasteiger partial charge in [0.2, 0.25) is 5.78 Å². The third kappa shape index (κ3) is 3.96. The zero-order valence-electron chi connectivity index (χ0n) is 17.8. The number of hydrogen-bond acceptors (Lipinski definition) is 7. The van der Waals surface area contributed by atoms with Crippen LogP contribution in [0.15, 0.2) is 65.0 Å². The Kier molecular flexibility index (Phi) is 5.94. The lowest BCUT2D eigenvalue weighted by Gasteiger charge is -2.29. The number of anilines is 2. The van der Waals surface area contributed by atoms with E-state index in [0.29, 0.717) is 27.8 Å². The van der Waals surface area contributed by atoms with Crippen LogP contribution in [0.5, 0.6) is 11.5 Å². The molecule has 0 fully saturated rings. The average molecular weight is 471 g/mol. The lowest BCUT2D eigenvalue weighted by Crippen LogP contribution is -2.38. The number of benzene rings is 2. The number of nitrogens with one attached hydrogen (secondary N) is 1. The van der Waals surface area contributed by atoms with Crippen molar-refractivity contribution in [2.45, 2.75) is 13.5 Å². The summed E-state index contributed by atoms with van der Waals surface area (Å²) in [7, 11) is -1.06. The van der Waals surface area contributed by atoms with Crippen LogP contribution in [-0.4, -0.2) is 28.4 Å². The van der Waals surface area contributed by atoms with Gasteiger partial charge in [-0.1, -0.05) is 29.8 Å². The first kappa shape index (κ1) is 21.9. The number of hydrogen-bond donors (Lipinski definition) is 1. The minimum Gasteiger partial charge on any atom is -0.497 e. The topological polar surface area (TPSA) is 84.9 Å². The van der Waals surface area contributed by atoms with E-state index in [1.807, 2.05) is 31.2 Å². The summed E-state index contributed by atoms with van der Waals surface area (Å²) < 4.78 is 38.8. The van der Waals surface area contributed by atoms with Crippen molar-refractivity contribution < 1.29 is 22.7 Å². The van der Waals surface area contributed by atoms with Crippen LogP contribution < -0.4 is 19.1 Å². The lowest BCUT2D eigenvalue weighted by molar-refractivity contribution is 0.104. The maximum absolute atomic E-state index is 13.5. The first-order valence-corrected chi connectivity index (χ1v) is 12.1. The molecule has 0 amide bonds. The van der Waals surface area contributed by atoms with Gasteiger partial charge in [-0.15, -0.1) is 11.3 Å². The predicted molar refractivity (Wildman–Crippen MR) is 126 cm³/mol. The summed E-state index contributed by atoms with van der Waals surface area (Å²) in [4.78, 5) is 13.1. The Hall–Kier alpha value is -3.30. The largest absolute Gasteiger partial charge is 0.497 e. The highest BCUT2D eigenvalue weighted by atomic mass is 32.2. The molecule has 1 aromatic heterocycles. The van der Waals surface area contributed by atoms with E-state index in [-0.39, 0.29) is 11.4 Å². The molecule has 4 rings (SSSR count). The molecule has 0 atom stereocenters. The normalized spacial score (nSPS) is 16.0. The van der Waals surface area contributed by atoms with Crippen LogP contribution in [0.2, 0.25) is 0 Å². The van der Waals surface area contributed by atoms with Gasteiger partial charge in [0, 0.05) is 12.3 Å². The van der Waals surface area contributed by atoms with Crippen molar-refractivity contribution in [1.29, 1.82) is 0 Å². The van der Waals surface area contributed by atoms with Gasteiger partial charge in [-0.25, -0.2) is 8.42 Å². The second-order valence-electron chi connectivity index (χ2n) is 7.18. The summed E-state index contributed by atoms with van der Waals surface area (Å²) in [5.74, 6) is 0.507. The quantitative estimate of drug-likeness (QED) is 0.532. The zero-order valence-corrected chi connectivity index (χ0v) is 19.4. The Morgan fingerprint density at radius 2 is 1.81 bits per heavy atom. The number of rotatable bonds is 6. The van der Waals surface area contributed by atoms with Crippen molar-refractivity contribution in [3.8, 4) is 11.5 Å². The van der Waals surface area contributed by atoms with Crippen LogP contribution in [0, 0.1) is 6.92 Å². The molecule has 0 saturated heterocycles. The zero-order chi connectivity index (χ0) is 22.9. The van der Waals surface area contributed by atoms with Crippen LogP contribution >= 0.6 is 11.3 Å². The molecule has 2 heterocycles. The Labute approximate surface area is 191 Å². The smallest absolute Gasteiger partial charge is 0.270 e. The summed E-state index contributed by atoms with van der Waals surface area (Å²) in [5, 5.41) is 4.64. The molecular formula is C23H22N2O5S2. The maximum Gasteiger partial charge on any atom is 0.270 e. The number of allylic oxidation sites excluding steroid dienone is 1. The first-order valence-electron chi connectivity index (χ1n) is 9.74. The molecule has 0 aliphatic carbocycles. The molecule has 0 saturated carbocycles. The number of ketones is 1. The number of carbonyl (C=O) groups excluding carboxylic acids is 1. The van der Waals surface area contributed by atoms with E-state index in [1.165, 1.54) is 36.1 Å². The van der Waals surface area contributed by atoms with Crippen LogP contribution in [0.3, 0.4) is 0 Å². The van der Waals surface area contributed by atoms with E-state index in [2.05, 4.69) is 5.32 Å². The molecule has 1 aliphatic rings.